The lowest BCUT2D eigenvalue weighted by Gasteiger charge is -2.02. The van der Waals surface area contributed by atoms with Crippen molar-refractivity contribution in [2.24, 2.45) is 5.73 Å². The molecule has 0 amide bonds. The Bertz CT molecular complexity index is 465. The van der Waals surface area contributed by atoms with Gasteiger partial charge in [-0.3, -0.25) is 0 Å². The summed E-state index contributed by atoms with van der Waals surface area (Å²) >= 11 is 1.57. The Kier molecular flexibility index (Phi) is 4.12. The van der Waals surface area contributed by atoms with Crippen LogP contribution in [0.2, 0.25) is 0 Å². The molecule has 3 nitrogen and oxygen atoms in total. The second kappa shape index (κ2) is 5.80. The SMILES string of the molecule is Cc1cnc(Sc2ccc(CCN)cc2)nc1. The van der Waals surface area contributed by atoms with Gasteiger partial charge in [0.2, 0.25) is 0 Å². The monoisotopic (exact) mass is 245 g/mol. The molecule has 0 atom stereocenters. The van der Waals surface area contributed by atoms with Crippen molar-refractivity contribution in [1.29, 1.82) is 0 Å². The number of hydrogen-bond donors (Lipinski definition) is 1. The van der Waals surface area contributed by atoms with Crippen LogP contribution in [0.25, 0.3) is 0 Å². The topological polar surface area (TPSA) is 51.8 Å². The van der Waals surface area contributed by atoms with E-state index in [9.17, 15) is 0 Å². The summed E-state index contributed by atoms with van der Waals surface area (Å²) < 4.78 is 0. The summed E-state index contributed by atoms with van der Waals surface area (Å²) in [5.41, 5.74) is 7.85. The van der Waals surface area contributed by atoms with Crippen LogP contribution in [0.1, 0.15) is 11.1 Å². The highest BCUT2D eigenvalue weighted by molar-refractivity contribution is 7.99. The van der Waals surface area contributed by atoms with E-state index in [1.807, 2.05) is 19.3 Å². The zero-order chi connectivity index (χ0) is 12.1. The maximum atomic E-state index is 5.51. The average Bonchev–Trinajstić information content (AvgIpc) is 2.35. The van der Waals surface area contributed by atoms with Crippen LogP contribution in [0.3, 0.4) is 0 Å². The lowest BCUT2D eigenvalue weighted by atomic mass is 10.2. The number of aromatic nitrogens is 2. The van der Waals surface area contributed by atoms with Crippen LogP contribution < -0.4 is 5.73 Å². The molecule has 0 saturated carbocycles. The minimum absolute atomic E-state index is 0.688. The van der Waals surface area contributed by atoms with Crippen LogP contribution in [-0.4, -0.2) is 16.5 Å². The van der Waals surface area contributed by atoms with Crippen molar-refractivity contribution < 1.29 is 0 Å². The van der Waals surface area contributed by atoms with Gasteiger partial charge in [-0.05, 0) is 54.9 Å². The molecule has 1 heterocycles. The fraction of sp³-hybridized carbons (Fsp3) is 0.231. The van der Waals surface area contributed by atoms with E-state index >= 15 is 0 Å². The van der Waals surface area contributed by atoms with Gasteiger partial charge in [-0.1, -0.05) is 12.1 Å². The van der Waals surface area contributed by atoms with Crippen LogP contribution in [0.5, 0.6) is 0 Å². The highest BCUT2D eigenvalue weighted by atomic mass is 32.2. The zero-order valence-electron chi connectivity index (χ0n) is 9.76. The summed E-state index contributed by atoms with van der Waals surface area (Å²) in [6.45, 7) is 2.67. The third kappa shape index (κ3) is 3.54. The number of aryl methyl sites for hydroxylation is 1. The van der Waals surface area contributed by atoms with Crippen molar-refractivity contribution in [3.8, 4) is 0 Å². The van der Waals surface area contributed by atoms with E-state index in [2.05, 4.69) is 34.2 Å². The molecular weight excluding hydrogens is 230 g/mol. The van der Waals surface area contributed by atoms with Gasteiger partial charge in [0.1, 0.15) is 0 Å². The van der Waals surface area contributed by atoms with Crippen LogP contribution in [-0.2, 0) is 6.42 Å². The number of benzene rings is 1. The van der Waals surface area contributed by atoms with Gasteiger partial charge in [-0.25, -0.2) is 9.97 Å². The number of nitrogens with two attached hydrogens (primary N) is 1. The molecule has 1 aromatic carbocycles. The van der Waals surface area contributed by atoms with Gasteiger partial charge in [0.15, 0.2) is 5.16 Å². The Morgan fingerprint density at radius 1 is 1.12 bits per heavy atom. The predicted octanol–water partition coefficient (Wildman–Crippen LogP) is 2.44. The maximum absolute atomic E-state index is 5.51. The fourth-order valence-electron chi connectivity index (χ4n) is 1.43. The second-order valence-electron chi connectivity index (χ2n) is 3.83. The van der Waals surface area contributed by atoms with E-state index in [0.717, 1.165) is 22.0 Å². The maximum Gasteiger partial charge on any atom is 0.192 e. The zero-order valence-corrected chi connectivity index (χ0v) is 10.6. The lowest BCUT2D eigenvalue weighted by Crippen LogP contribution is -2.02. The average molecular weight is 245 g/mol. The third-order valence-electron chi connectivity index (χ3n) is 2.32. The molecule has 0 saturated heterocycles. The van der Waals surface area contributed by atoms with Gasteiger partial charge < -0.3 is 5.73 Å². The molecule has 4 heteroatoms. The molecule has 2 rings (SSSR count). The molecule has 0 fully saturated rings. The molecule has 88 valence electrons. The molecule has 0 aliphatic carbocycles. The van der Waals surface area contributed by atoms with Crippen LogP contribution >= 0.6 is 11.8 Å². The number of nitrogens with zero attached hydrogens (tertiary/aromatic N) is 2. The summed E-state index contributed by atoms with van der Waals surface area (Å²) in [5, 5.41) is 0.780. The van der Waals surface area contributed by atoms with Crippen molar-refractivity contribution in [3.05, 3.63) is 47.8 Å². The van der Waals surface area contributed by atoms with E-state index in [1.165, 1.54) is 5.56 Å². The standard InChI is InChI=1S/C13H15N3S/c1-10-8-15-13(16-9-10)17-12-4-2-11(3-5-12)6-7-14/h2-5,8-9H,6-7,14H2,1H3. The van der Waals surface area contributed by atoms with Crippen molar-refractivity contribution in [2.75, 3.05) is 6.54 Å². The highest BCUT2D eigenvalue weighted by Gasteiger charge is 2.00. The smallest absolute Gasteiger partial charge is 0.192 e. The molecule has 0 aliphatic heterocycles. The van der Waals surface area contributed by atoms with E-state index in [1.54, 1.807) is 11.8 Å². The predicted molar refractivity (Wildman–Crippen MR) is 70.1 cm³/mol. The molecule has 1 aromatic heterocycles. The fourth-order valence-corrected chi connectivity index (χ4v) is 2.12. The van der Waals surface area contributed by atoms with Crippen LogP contribution in [0.15, 0.2) is 46.7 Å². The summed E-state index contributed by atoms with van der Waals surface area (Å²) in [6.07, 6.45) is 4.59. The first kappa shape index (κ1) is 12.1. The third-order valence-corrected chi connectivity index (χ3v) is 3.22. The molecule has 0 spiro atoms. The van der Waals surface area contributed by atoms with E-state index < -0.39 is 0 Å². The summed E-state index contributed by atoms with van der Waals surface area (Å²) in [6, 6.07) is 8.37. The van der Waals surface area contributed by atoms with Gasteiger partial charge in [0, 0.05) is 17.3 Å². The van der Waals surface area contributed by atoms with Crippen LogP contribution in [0, 0.1) is 6.92 Å². The molecule has 0 radical (unpaired) electrons. The van der Waals surface area contributed by atoms with Crippen molar-refractivity contribution in [3.63, 3.8) is 0 Å². The first-order chi connectivity index (χ1) is 8.28. The van der Waals surface area contributed by atoms with E-state index in [-0.39, 0.29) is 0 Å². The molecule has 0 unspecified atom stereocenters. The minimum atomic E-state index is 0.688. The van der Waals surface area contributed by atoms with Crippen molar-refractivity contribution in [1.82, 2.24) is 9.97 Å². The van der Waals surface area contributed by atoms with Crippen molar-refractivity contribution >= 4 is 11.8 Å². The van der Waals surface area contributed by atoms with Gasteiger partial charge in [-0.15, -0.1) is 0 Å². The normalized spacial score (nSPS) is 10.5. The van der Waals surface area contributed by atoms with Gasteiger partial charge in [0.25, 0.3) is 0 Å². The molecule has 2 N–H and O–H groups in total. The Morgan fingerprint density at radius 3 is 2.35 bits per heavy atom. The Morgan fingerprint density at radius 2 is 1.76 bits per heavy atom. The Hall–Kier alpha value is -1.39. The lowest BCUT2D eigenvalue weighted by molar-refractivity contribution is 0.948. The van der Waals surface area contributed by atoms with Crippen molar-refractivity contribution in [2.45, 2.75) is 23.4 Å². The van der Waals surface area contributed by atoms with Gasteiger partial charge in [0.05, 0.1) is 0 Å². The van der Waals surface area contributed by atoms with Gasteiger partial charge >= 0.3 is 0 Å². The summed E-state index contributed by atoms with van der Waals surface area (Å²) in [7, 11) is 0. The first-order valence-electron chi connectivity index (χ1n) is 5.53. The van der Waals surface area contributed by atoms with E-state index in [4.69, 9.17) is 5.73 Å². The molecule has 17 heavy (non-hydrogen) atoms. The molecule has 0 bridgehead atoms. The number of rotatable bonds is 4. The Labute approximate surface area is 105 Å². The highest BCUT2D eigenvalue weighted by Crippen LogP contribution is 2.24. The Balaban J connectivity index is 2.05. The number of hydrogen-bond acceptors (Lipinski definition) is 4. The molecule has 2 aromatic rings. The largest absolute Gasteiger partial charge is 0.330 e. The van der Waals surface area contributed by atoms with E-state index in [0.29, 0.717) is 6.54 Å². The molecular formula is C13H15N3S. The second-order valence-corrected chi connectivity index (χ2v) is 4.87. The van der Waals surface area contributed by atoms with Gasteiger partial charge in [-0.2, -0.15) is 0 Å². The quantitative estimate of drug-likeness (QED) is 0.841. The molecule has 0 aliphatic rings. The minimum Gasteiger partial charge on any atom is -0.330 e. The first-order valence-corrected chi connectivity index (χ1v) is 6.35. The summed E-state index contributed by atoms with van der Waals surface area (Å²) in [5.74, 6) is 0. The van der Waals surface area contributed by atoms with Crippen LogP contribution in [0.4, 0.5) is 0 Å². The summed E-state index contributed by atoms with van der Waals surface area (Å²) in [4.78, 5) is 9.68.